The summed E-state index contributed by atoms with van der Waals surface area (Å²) in [6.07, 6.45) is -12.8. The number of thioether (sulfide) groups is 1. The number of halogens is 7. The molecule has 2 N–H and O–H groups in total. The molecular weight excluding hydrogens is 601 g/mol. The molecule has 0 fully saturated rings. The van der Waals surface area contributed by atoms with Crippen LogP contribution in [0.2, 0.25) is 0 Å². The molecule has 1 unspecified atom stereocenters. The summed E-state index contributed by atoms with van der Waals surface area (Å²) in [7, 11) is -4.52. The van der Waals surface area contributed by atoms with Crippen LogP contribution < -0.4 is 9.62 Å². The van der Waals surface area contributed by atoms with Crippen molar-refractivity contribution in [2.24, 2.45) is 0 Å². The standard InChI is InChI=1S/C21H15F7N4O4S3/c22-12-2-4-14(5-3-12)39(35,36)32-9-13(8-17(33)30-18-31-29-10-37-18)38-16-7-11(1-6-15(16)32)19(34,20(23,24)25)21(26,27)28/h1-7,10,13,34H,8-9H2,(H,30,31,33). The fourth-order valence-corrected chi connectivity index (χ4v) is 7.15. The summed E-state index contributed by atoms with van der Waals surface area (Å²) in [5, 5.41) is 18.5. The Morgan fingerprint density at radius 1 is 1.08 bits per heavy atom. The van der Waals surface area contributed by atoms with E-state index in [1.54, 1.807) is 0 Å². The molecule has 0 saturated heterocycles. The van der Waals surface area contributed by atoms with Crippen molar-refractivity contribution in [3.05, 3.63) is 59.4 Å². The highest BCUT2D eigenvalue weighted by atomic mass is 32.2. The number of fused-ring (bicyclic) bond motifs is 1. The van der Waals surface area contributed by atoms with Crippen molar-refractivity contribution >= 4 is 49.8 Å². The number of benzene rings is 2. The van der Waals surface area contributed by atoms with E-state index in [4.69, 9.17) is 0 Å². The van der Waals surface area contributed by atoms with E-state index in [1.807, 2.05) is 0 Å². The highest BCUT2D eigenvalue weighted by molar-refractivity contribution is 8.00. The SMILES string of the molecule is O=C(CC1CN(S(=O)(=O)c2ccc(F)cc2)c2ccc(C(O)(C(F)(F)F)C(F)(F)F)cc2S1)Nc1nncs1. The number of aromatic nitrogens is 2. The third-order valence-corrected chi connectivity index (χ3v) is 9.18. The minimum absolute atomic E-state index is 0.111. The lowest BCUT2D eigenvalue weighted by Gasteiger charge is -2.37. The molecule has 1 aliphatic rings. The zero-order valence-corrected chi connectivity index (χ0v) is 21.4. The van der Waals surface area contributed by atoms with E-state index in [0.29, 0.717) is 34.3 Å². The number of carbonyl (C=O) groups excluding carboxylic acids is 1. The van der Waals surface area contributed by atoms with Crippen molar-refractivity contribution in [3.63, 3.8) is 0 Å². The molecule has 0 spiro atoms. The maximum absolute atomic E-state index is 13.5. The largest absolute Gasteiger partial charge is 0.430 e. The summed E-state index contributed by atoms with van der Waals surface area (Å²) in [4.78, 5) is 11.7. The summed E-state index contributed by atoms with van der Waals surface area (Å²) in [6.45, 7) is -0.414. The molecule has 3 aromatic rings. The van der Waals surface area contributed by atoms with Gasteiger partial charge in [-0.2, -0.15) is 26.3 Å². The topological polar surface area (TPSA) is 112 Å². The van der Waals surface area contributed by atoms with E-state index < -0.39 is 68.4 Å². The Morgan fingerprint density at radius 3 is 2.28 bits per heavy atom. The number of hydrogen-bond donors (Lipinski definition) is 2. The lowest BCUT2D eigenvalue weighted by molar-refractivity contribution is -0.376. The van der Waals surface area contributed by atoms with Gasteiger partial charge >= 0.3 is 12.4 Å². The predicted octanol–water partition coefficient (Wildman–Crippen LogP) is 4.69. The van der Waals surface area contributed by atoms with Crippen molar-refractivity contribution in [3.8, 4) is 0 Å². The van der Waals surface area contributed by atoms with E-state index in [2.05, 4.69) is 15.5 Å². The molecule has 1 atom stereocenters. The first-order valence-electron chi connectivity index (χ1n) is 10.6. The smallest absolute Gasteiger partial charge is 0.369 e. The number of hydrogen-bond acceptors (Lipinski definition) is 8. The van der Waals surface area contributed by atoms with Crippen LogP contribution in [-0.2, 0) is 20.4 Å². The quantitative estimate of drug-likeness (QED) is 0.387. The van der Waals surface area contributed by atoms with Crippen LogP contribution in [-0.4, -0.2) is 53.8 Å². The van der Waals surface area contributed by atoms with Crippen molar-refractivity contribution in [1.29, 1.82) is 0 Å². The first kappa shape index (κ1) is 29.0. The number of nitrogens with zero attached hydrogens (tertiary/aromatic N) is 3. The Morgan fingerprint density at radius 2 is 1.72 bits per heavy atom. The maximum Gasteiger partial charge on any atom is 0.430 e. The Balaban J connectivity index is 1.78. The van der Waals surface area contributed by atoms with Crippen LogP contribution in [0.4, 0.5) is 41.6 Å². The van der Waals surface area contributed by atoms with Crippen molar-refractivity contribution in [2.75, 3.05) is 16.2 Å². The number of alkyl halides is 6. The zero-order chi connectivity index (χ0) is 28.8. The summed E-state index contributed by atoms with van der Waals surface area (Å²) in [6, 6.07) is 5.01. The Kier molecular flexibility index (Phi) is 7.61. The number of carbonyl (C=O) groups is 1. The van der Waals surface area contributed by atoms with E-state index in [-0.39, 0.29) is 15.7 Å². The van der Waals surface area contributed by atoms with Gasteiger partial charge in [-0.25, -0.2) is 12.8 Å². The molecule has 0 radical (unpaired) electrons. The van der Waals surface area contributed by atoms with Crippen LogP contribution in [0.3, 0.4) is 0 Å². The average Bonchev–Trinajstić information content (AvgIpc) is 3.34. The number of nitrogens with one attached hydrogen (secondary N) is 1. The normalized spacial score (nSPS) is 16.6. The second-order valence-electron chi connectivity index (χ2n) is 8.11. The van der Waals surface area contributed by atoms with Crippen molar-refractivity contribution in [1.82, 2.24) is 10.2 Å². The van der Waals surface area contributed by atoms with Gasteiger partial charge in [-0.05, 0) is 36.4 Å². The van der Waals surface area contributed by atoms with Crippen LogP contribution in [0.5, 0.6) is 0 Å². The van der Waals surface area contributed by atoms with E-state index >= 15 is 0 Å². The van der Waals surface area contributed by atoms with Crippen molar-refractivity contribution < 1.29 is 49.1 Å². The Hall–Kier alpha value is -2.96. The number of amides is 1. The molecule has 8 nitrogen and oxygen atoms in total. The van der Waals surface area contributed by atoms with Crippen molar-refractivity contribution in [2.45, 2.75) is 39.4 Å². The van der Waals surface area contributed by atoms with Gasteiger partial charge in [0, 0.05) is 28.7 Å². The van der Waals surface area contributed by atoms with Crippen LogP contribution in [0.1, 0.15) is 12.0 Å². The molecule has 0 bridgehead atoms. The molecule has 2 heterocycles. The second kappa shape index (κ2) is 10.2. The van der Waals surface area contributed by atoms with Gasteiger partial charge in [0.1, 0.15) is 11.3 Å². The third kappa shape index (κ3) is 5.55. The van der Waals surface area contributed by atoms with Crippen LogP contribution in [0.15, 0.2) is 57.8 Å². The molecule has 1 aromatic heterocycles. The Bertz CT molecular complexity index is 1450. The third-order valence-electron chi connectivity index (χ3n) is 5.55. The fourth-order valence-electron chi connectivity index (χ4n) is 3.70. The number of anilines is 2. The summed E-state index contributed by atoms with van der Waals surface area (Å²) in [5.41, 5.74) is -5.81. The first-order valence-corrected chi connectivity index (χ1v) is 13.8. The molecule has 0 saturated carbocycles. The number of sulfonamides is 1. The molecule has 39 heavy (non-hydrogen) atoms. The van der Waals surface area contributed by atoms with Gasteiger partial charge in [0.25, 0.3) is 15.6 Å². The monoisotopic (exact) mass is 616 g/mol. The molecule has 1 aliphatic heterocycles. The molecule has 2 aromatic carbocycles. The average molecular weight is 617 g/mol. The van der Waals surface area contributed by atoms with Gasteiger partial charge in [0.05, 0.1) is 10.6 Å². The van der Waals surface area contributed by atoms with Gasteiger partial charge in [-0.15, -0.1) is 22.0 Å². The van der Waals surface area contributed by atoms with Crippen LogP contribution >= 0.6 is 23.1 Å². The Labute approximate surface area is 223 Å². The van der Waals surface area contributed by atoms with E-state index in [1.165, 1.54) is 5.51 Å². The summed E-state index contributed by atoms with van der Waals surface area (Å²) < 4.78 is 122. The molecule has 18 heteroatoms. The number of rotatable bonds is 6. The van der Waals surface area contributed by atoms with Crippen LogP contribution in [0.25, 0.3) is 0 Å². The van der Waals surface area contributed by atoms with Gasteiger partial charge in [0.2, 0.25) is 11.0 Å². The van der Waals surface area contributed by atoms with Gasteiger partial charge < -0.3 is 10.4 Å². The minimum Gasteiger partial charge on any atom is -0.369 e. The maximum atomic E-state index is 13.5. The zero-order valence-electron chi connectivity index (χ0n) is 19.0. The first-order chi connectivity index (χ1) is 18.0. The summed E-state index contributed by atoms with van der Waals surface area (Å²) in [5.74, 6) is -1.43. The lowest BCUT2D eigenvalue weighted by atomic mass is 9.92. The molecule has 0 aliphatic carbocycles. The second-order valence-corrected chi connectivity index (χ2v) is 12.2. The lowest BCUT2D eigenvalue weighted by Crippen LogP contribution is -2.54. The molecular formula is C21H15F7N4O4S3. The van der Waals surface area contributed by atoms with Gasteiger partial charge in [-0.3, -0.25) is 9.10 Å². The minimum atomic E-state index is -6.17. The molecule has 4 rings (SSSR count). The molecule has 1 amide bonds. The fraction of sp³-hybridized carbons (Fsp3) is 0.286. The predicted molar refractivity (Wildman–Crippen MR) is 126 cm³/mol. The van der Waals surface area contributed by atoms with Gasteiger partial charge in [0.15, 0.2) is 0 Å². The summed E-state index contributed by atoms with van der Waals surface area (Å²) >= 11 is 1.64. The van der Waals surface area contributed by atoms with E-state index in [0.717, 1.165) is 35.6 Å². The highest BCUT2D eigenvalue weighted by Gasteiger charge is 2.71. The highest BCUT2D eigenvalue weighted by Crippen LogP contribution is 2.52. The molecule has 210 valence electrons. The van der Waals surface area contributed by atoms with Gasteiger partial charge in [-0.1, -0.05) is 17.4 Å². The van der Waals surface area contributed by atoms with E-state index in [9.17, 15) is 49.1 Å². The number of aliphatic hydroxyl groups is 1. The van der Waals surface area contributed by atoms with Crippen LogP contribution in [0, 0.1) is 5.82 Å².